The summed E-state index contributed by atoms with van der Waals surface area (Å²) in [5.74, 6) is 2.06. The highest BCUT2D eigenvalue weighted by Gasteiger charge is 2.36. The van der Waals surface area contributed by atoms with Crippen molar-refractivity contribution >= 4 is 51.9 Å². The number of amides is 3. The van der Waals surface area contributed by atoms with Crippen molar-refractivity contribution in [1.82, 2.24) is 45.0 Å². The van der Waals surface area contributed by atoms with Crippen molar-refractivity contribution < 1.29 is 18.9 Å². The molecule has 7 heterocycles. The lowest BCUT2D eigenvalue weighted by Crippen LogP contribution is -2.47. The highest BCUT2D eigenvalue weighted by molar-refractivity contribution is 6.31. The smallest absolute Gasteiger partial charge is 0.249 e. The first-order valence-corrected chi connectivity index (χ1v) is 23.8. The number of nitrogens with one attached hydrogen (secondary N) is 2. The number of carbonyl (C=O) groups is 3. The van der Waals surface area contributed by atoms with E-state index in [0.717, 1.165) is 118 Å². The normalized spacial score (nSPS) is 19.2. The third-order valence-corrected chi connectivity index (χ3v) is 14.1. The predicted molar refractivity (Wildman–Crippen MR) is 247 cm³/mol. The number of hydrogen-bond donors (Lipinski definition) is 3. The number of fused-ring (bicyclic) bond motifs is 1. The highest BCUT2D eigenvalue weighted by Crippen LogP contribution is 2.48. The lowest BCUT2D eigenvalue weighted by atomic mass is 9.89. The Morgan fingerprint density at radius 1 is 0.891 bits per heavy atom. The number of nitrogens with two attached hydrogens (primary N) is 1. The van der Waals surface area contributed by atoms with Gasteiger partial charge in [0, 0.05) is 54.8 Å². The van der Waals surface area contributed by atoms with E-state index >= 15 is 0 Å². The second-order valence-corrected chi connectivity index (χ2v) is 18.9. The maximum atomic E-state index is 13.2. The lowest BCUT2D eigenvalue weighted by Gasteiger charge is -2.32. The van der Waals surface area contributed by atoms with E-state index in [2.05, 4.69) is 67.6 Å². The van der Waals surface area contributed by atoms with Crippen molar-refractivity contribution in [2.24, 2.45) is 0 Å². The van der Waals surface area contributed by atoms with Crippen LogP contribution in [0.5, 0.6) is 0 Å². The zero-order valence-corrected chi connectivity index (χ0v) is 37.8. The molecule has 4 aliphatic rings. The topological polar surface area (TPSA) is 190 Å². The van der Waals surface area contributed by atoms with E-state index in [0.29, 0.717) is 65.3 Å². The molecular formula is C48H60ClN11O4. The second kappa shape index (κ2) is 19.4. The standard InChI is InChI=1S/C48H60ClN11O4/c1-29(2)60-47-42(46(50)52-28-53-47)43(56-60)44-41(45(64-57-44)32-9-10-32)37-14-11-33(27-51-37)30-19-24-59(25-20-30)40(62)8-6-4-3-5-7-21-58-22-17-31(18-23-58)35-13-12-34(26-36(35)49)54-38-15-16-39(61)55-48(38)63/h11-14,26-32,38,54H,3-10,15-25H2,1-2H3,(H2,50,52,53)(H,55,61,63). The first-order valence-electron chi connectivity index (χ1n) is 23.5. The van der Waals surface area contributed by atoms with E-state index in [1.54, 1.807) is 0 Å². The van der Waals surface area contributed by atoms with Gasteiger partial charge in [-0.15, -0.1) is 0 Å². The van der Waals surface area contributed by atoms with Crippen LogP contribution in [0.3, 0.4) is 0 Å². The van der Waals surface area contributed by atoms with Crippen LogP contribution in [-0.2, 0) is 14.4 Å². The van der Waals surface area contributed by atoms with Crippen molar-refractivity contribution in [2.45, 2.75) is 134 Å². The summed E-state index contributed by atoms with van der Waals surface area (Å²) >= 11 is 6.74. The molecule has 4 fully saturated rings. The molecule has 64 heavy (non-hydrogen) atoms. The van der Waals surface area contributed by atoms with Crippen LogP contribution < -0.4 is 16.4 Å². The predicted octanol–water partition coefficient (Wildman–Crippen LogP) is 8.38. The number of piperidine rings is 3. The molecule has 3 saturated heterocycles. The van der Waals surface area contributed by atoms with Gasteiger partial charge in [-0.3, -0.25) is 24.7 Å². The number of nitrogen functional groups attached to an aromatic ring is 1. The van der Waals surface area contributed by atoms with Gasteiger partial charge in [0.2, 0.25) is 17.7 Å². The van der Waals surface area contributed by atoms with Crippen LogP contribution >= 0.6 is 11.6 Å². The summed E-state index contributed by atoms with van der Waals surface area (Å²) < 4.78 is 7.86. The Morgan fingerprint density at radius 2 is 1.66 bits per heavy atom. The molecule has 3 amide bonds. The molecular weight excluding hydrogens is 830 g/mol. The Labute approximate surface area is 379 Å². The highest BCUT2D eigenvalue weighted by atomic mass is 35.5. The van der Waals surface area contributed by atoms with E-state index < -0.39 is 6.04 Å². The van der Waals surface area contributed by atoms with Crippen LogP contribution in [0.25, 0.3) is 33.7 Å². The number of anilines is 2. The molecule has 5 aromatic rings. The summed E-state index contributed by atoms with van der Waals surface area (Å²) in [4.78, 5) is 55.2. The number of likely N-dealkylation sites (tertiary alicyclic amines) is 2. The zero-order chi connectivity index (χ0) is 44.3. The van der Waals surface area contributed by atoms with Gasteiger partial charge in [-0.1, -0.05) is 48.2 Å². The molecule has 3 aliphatic heterocycles. The van der Waals surface area contributed by atoms with Gasteiger partial charge in [-0.05, 0) is 132 Å². The first-order chi connectivity index (χ1) is 31.1. The molecule has 0 radical (unpaired) electrons. The Kier molecular flexibility index (Phi) is 13.3. The van der Waals surface area contributed by atoms with Gasteiger partial charge < -0.3 is 25.4 Å². The summed E-state index contributed by atoms with van der Waals surface area (Å²) in [6.45, 7) is 8.90. The van der Waals surface area contributed by atoms with Gasteiger partial charge in [0.25, 0.3) is 0 Å². The summed E-state index contributed by atoms with van der Waals surface area (Å²) in [6.07, 6.45) is 16.6. The molecule has 9 rings (SSSR count). The van der Waals surface area contributed by atoms with Gasteiger partial charge >= 0.3 is 0 Å². The average molecular weight is 891 g/mol. The molecule has 1 aromatic carbocycles. The summed E-state index contributed by atoms with van der Waals surface area (Å²) in [5, 5.41) is 16.5. The maximum absolute atomic E-state index is 13.2. The van der Waals surface area contributed by atoms with Crippen LogP contribution in [0.15, 0.2) is 47.4 Å². The van der Waals surface area contributed by atoms with Crippen LogP contribution in [0.1, 0.15) is 144 Å². The summed E-state index contributed by atoms with van der Waals surface area (Å²) in [5.41, 5.74) is 13.1. The number of aromatic nitrogens is 6. The molecule has 1 unspecified atom stereocenters. The Balaban J connectivity index is 0.683. The molecule has 1 saturated carbocycles. The first kappa shape index (κ1) is 43.8. The minimum absolute atomic E-state index is 0.0614. The minimum Gasteiger partial charge on any atom is -0.383 e. The molecule has 15 nitrogen and oxygen atoms in total. The third kappa shape index (κ3) is 9.65. The summed E-state index contributed by atoms with van der Waals surface area (Å²) in [7, 11) is 0. The number of hydrogen-bond acceptors (Lipinski definition) is 12. The number of carbonyl (C=O) groups excluding carboxylic acids is 3. The number of nitrogens with zero attached hydrogens (tertiary/aromatic N) is 8. The zero-order valence-electron chi connectivity index (χ0n) is 37.0. The number of rotatable bonds is 16. The fraction of sp³-hybridized carbons (Fsp3) is 0.542. The Hall–Kier alpha value is -5.41. The van der Waals surface area contributed by atoms with Crippen LogP contribution in [0, 0.1) is 0 Å². The fourth-order valence-electron chi connectivity index (χ4n) is 9.86. The van der Waals surface area contributed by atoms with Gasteiger partial charge in [-0.2, -0.15) is 5.10 Å². The van der Waals surface area contributed by atoms with E-state index in [9.17, 15) is 14.4 Å². The van der Waals surface area contributed by atoms with Gasteiger partial charge in [0.15, 0.2) is 5.65 Å². The number of pyridine rings is 1. The Bertz CT molecular complexity index is 2460. The largest absolute Gasteiger partial charge is 0.383 e. The molecule has 4 N–H and O–H groups in total. The molecule has 338 valence electrons. The fourth-order valence-corrected chi connectivity index (χ4v) is 10.2. The Morgan fingerprint density at radius 3 is 2.38 bits per heavy atom. The molecule has 1 aliphatic carbocycles. The van der Waals surface area contributed by atoms with E-state index in [4.69, 9.17) is 31.9 Å². The van der Waals surface area contributed by atoms with Crippen molar-refractivity contribution in [1.29, 1.82) is 0 Å². The van der Waals surface area contributed by atoms with Gasteiger partial charge in [-0.25, -0.2) is 14.6 Å². The number of imide groups is 1. The van der Waals surface area contributed by atoms with Gasteiger partial charge in [0.05, 0.1) is 16.6 Å². The van der Waals surface area contributed by atoms with Crippen LogP contribution in [0.4, 0.5) is 11.5 Å². The lowest BCUT2D eigenvalue weighted by molar-refractivity contribution is -0.134. The van der Waals surface area contributed by atoms with Crippen molar-refractivity contribution in [3.05, 3.63) is 64.8 Å². The third-order valence-electron chi connectivity index (χ3n) is 13.7. The number of halogens is 1. The summed E-state index contributed by atoms with van der Waals surface area (Å²) in [6, 6.07) is 9.87. The van der Waals surface area contributed by atoms with E-state index in [-0.39, 0.29) is 23.8 Å². The molecule has 0 spiro atoms. The maximum Gasteiger partial charge on any atom is 0.249 e. The number of benzene rings is 1. The van der Waals surface area contributed by atoms with E-state index in [1.165, 1.54) is 30.3 Å². The number of unbranched alkanes of at least 4 members (excludes halogenated alkanes) is 4. The monoisotopic (exact) mass is 889 g/mol. The van der Waals surface area contributed by atoms with Crippen molar-refractivity contribution in [3.8, 4) is 22.6 Å². The van der Waals surface area contributed by atoms with Crippen molar-refractivity contribution in [2.75, 3.05) is 43.8 Å². The van der Waals surface area contributed by atoms with Gasteiger partial charge in [0.1, 0.15) is 35.3 Å². The molecule has 4 aromatic heterocycles. The molecule has 16 heteroatoms. The average Bonchev–Trinajstić information content (AvgIpc) is 3.92. The minimum atomic E-state index is -0.423. The van der Waals surface area contributed by atoms with E-state index in [1.807, 2.05) is 23.0 Å². The van der Waals surface area contributed by atoms with Crippen LogP contribution in [0.2, 0.25) is 5.02 Å². The second-order valence-electron chi connectivity index (χ2n) is 18.5. The van der Waals surface area contributed by atoms with Crippen molar-refractivity contribution in [3.63, 3.8) is 0 Å². The molecule has 0 bridgehead atoms. The van der Waals surface area contributed by atoms with Crippen LogP contribution in [-0.4, -0.2) is 96.2 Å². The molecule has 1 atom stereocenters. The SMILES string of the molecule is CC(C)n1nc(-c2noc(C3CC3)c2-c2ccc(C3CCN(C(=O)CCCCCCCN4CCC(c5ccc(NC6CCC(=O)NC6=O)cc5Cl)CC4)CC3)cn2)c2c(N)ncnc21. The quantitative estimate of drug-likeness (QED) is 0.0635.